The summed E-state index contributed by atoms with van der Waals surface area (Å²) in [5.74, 6) is 0.0880. The minimum Gasteiger partial charge on any atom is -0.293 e. The molecule has 0 spiro atoms. The molecular formula is C10H12BrNO. The second-order valence-electron chi connectivity index (χ2n) is 3.12. The van der Waals surface area contributed by atoms with E-state index in [0.29, 0.717) is 5.56 Å². The van der Waals surface area contributed by atoms with Gasteiger partial charge in [-0.25, -0.2) is 0 Å². The predicted molar refractivity (Wildman–Crippen MR) is 56.4 cm³/mol. The molecule has 0 radical (unpaired) electrons. The molecule has 0 aliphatic carbocycles. The maximum absolute atomic E-state index is 11.6. The van der Waals surface area contributed by atoms with Gasteiger partial charge in [0.25, 0.3) is 0 Å². The van der Waals surface area contributed by atoms with Gasteiger partial charge < -0.3 is 0 Å². The Morgan fingerprint density at radius 2 is 2.15 bits per heavy atom. The zero-order valence-corrected chi connectivity index (χ0v) is 9.55. The molecule has 13 heavy (non-hydrogen) atoms. The molecule has 0 N–H and O–H groups in total. The van der Waals surface area contributed by atoms with Crippen LogP contribution in [-0.2, 0) is 0 Å². The summed E-state index contributed by atoms with van der Waals surface area (Å²) in [6.07, 6.45) is 1.64. The Kier molecular flexibility index (Phi) is 3.20. The minimum atomic E-state index is -0.143. The number of hydrogen-bond acceptors (Lipinski definition) is 2. The molecule has 0 aromatic carbocycles. The quantitative estimate of drug-likeness (QED) is 0.589. The van der Waals surface area contributed by atoms with E-state index < -0.39 is 0 Å². The normalized spacial score (nSPS) is 12.6. The number of halogens is 1. The summed E-state index contributed by atoms with van der Waals surface area (Å²) in [7, 11) is 0. The van der Waals surface area contributed by atoms with E-state index >= 15 is 0 Å². The van der Waals surface area contributed by atoms with E-state index in [1.165, 1.54) is 0 Å². The number of pyridine rings is 1. The van der Waals surface area contributed by atoms with Gasteiger partial charge in [-0.05, 0) is 32.4 Å². The number of aromatic nitrogens is 1. The first-order valence-corrected chi connectivity index (χ1v) is 5.05. The number of carbonyl (C=O) groups is 1. The van der Waals surface area contributed by atoms with E-state index in [-0.39, 0.29) is 10.6 Å². The van der Waals surface area contributed by atoms with Crippen molar-refractivity contribution in [3.8, 4) is 0 Å². The first-order chi connectivity index (χ1) is 6.02. The van der Waals surface area contributed by atoms with Crippen LogP contribution in [0.1, 0.15) is 28.5 Å². The fourth-order valence-electron chi connectivity index (χ4n) is 1.17. The highest BCUT2D eigenvalue weighted by Gasteiger charge is 2.14. The van der Waals surface area contributed by atoms with Gasteiger partial charge in [0.05, 0.1) is 4.83 Å². The van der Waals surface area contributed by atoms with Crippen LogP contribution in [0.4, 0.5) is 0 Å². The molecular weight excluding hydrogens is 230 g/mol. The third-order valence-electron chi connectivity index (χ3n) is 1.87. The molecule has 70 valence electrons. The largest absolute Gasteiger partial charge is 0.293 e. The maximum Gasteiger partial charge on any atom is 0.177 e. The van der Waals surface area contributed by atoms with E-state index in [1.54, 1.807) is 6.20 Å². The van der Waals surface area contributed by atoms with Crippen molar-refractivity contribution in [1.82, 2.24) is 4.98 Å². The van der Waals surface area contributed by atoms with Crippen molar-refractivity contribution in [3.63, 3.8) is 0 Å². The van der Waals surface area contributed by atoms with Crippen LogP contribution in [0.15, 0.2) is 12.3 Å². The summed E-state index contributed by atoms with van der Waals surface area (Å²) >= 11 is 3.25. The summed E-state index contributed by atoms with van der Waals surface area (Å²) in [4.78, 5) is 15.5. The van der Waals surface area contributed by atoms with E-state index in [9.17, 15) is 4.79 Å². The molecule has 0 aliphatic heterocycles. The van der Waals surface area contributed by atoms with Gasteiger partial charge in [0.1, 0.15) is 0 Å². The van der Waals surface area contributed by atoms with Gasteiger partial charge in [0, 0.05) is 17.5 Å². The summed E-state index contributed by atoms with van der Waals surface area (Å²) in [6, 6.07) is 1.92. The molecule has 0 saturated carbocycles. The fourth-order valence-corrected chi connectivity index (χ4v) is 1.42. The summed E-state index contributed by atoms with van der Waals surface area (Å²) in [5, 5.41) is 0. The fraction of sp³-hybridized carbons (Fsp3) is 0.400. The molecule has 2 nitrogen and oxygen atoms in total. The highest BCUT2D eigenvalue weighted by molar-refractivity contribution is 9.10. The van der Waals surface area contributed by atoms with Crippen LogP contribution < -0.4 is 0 Å². The summed E-state index contributed by atoms with van der Waals surface area (Å²) in [5.41, 5.74) is 2.63. The van der Waals surface area contributed by atoms with Crippen molar-refractivity contribution in [3.05, 3.63) is 29.1 Å². The van der Waals surface area contributed by atoms with Gasteiger partial charge in [0.2, 0.25) is 0 Å². The van der Waals surface area contributed by atoms with Crippen molar-refractivity contribution in [1.29, 1.82) is 0 Å². The van der Waals surface area contributed by atoms with Crippen LogP contribution in [0, 0.1) is 13.8 Å². The first-order valence-electron chi connectivity index (χ1n) is 4.14. The molecule has 0 aliphatic rings. The topological polar surface area (TPSA) is 30.0 Å². The average molecular weight is 242 g/mol. The molecule has 0 bridgehead atoms. The zero-order chi connectivity index (χ0) is 10.0. The number of aryl methyl sites for hydroxylation is 2. The lowest BCUT2D eigenvalue weighted by Crippen LogP contribution is -2.12. The third-order valence-corrected chi connectivity index (χ3v) is 2.29. The number of Topliss-reactive ketones (excluding diaryl/α,β-unsaturated/α-hetero) is 1. The number of alkyl halides is 1. The molecule has 0 fully saturated rings. The Labute approximate surface area is 86.5 Å². The number of rotatable bonds is 2. The van der Waals surface area contributed by atoms with E-state index in [1.807, 2.05) is 26.8 Å². The van der Waals surface area contributed by atoms with Crippen LogP contribution in [0.2, 0.25) is 0 Å². The molecule has 0 saturated heterocycles. The molecule has 1 aromatic heterocycles. The minimum absolute atomic E-state index is 0.0880. The van der Waals surface area contributed by atoms with Gasteiger partial charge in [-0.15, -0.1) is 0 Å². The zero-order valence-electron chi connectivity index (χ0n) is 7.97. The Bertz CT molecular complexity index is 334. The summed E-state index contributed by atoms with van der Waals surface area (Å²) < 4.78 is 0. The lowest BCUT2D eigenvalue weighted by atomic mass is 10.1. The predicted octanol–water partition coefficient (Wildman–Crippen LogP) is 2.66. The molecule has 1 aromatic rings. The maximum atomic E-state index is 11.6. The Morgan fingerprint density at radius 1 is 1.54 bits per heavy atom. The van der Waals surface area contributed by atoms with Crippen LogP contribution in [-0.4, -0.2) is 15.6 Å². The van der Waals surface area contributed by atoms with E-state index in [4.69, 9.17) is 0 Å². The van der Waals surface area contributed by atoms with Crippen LogP contribution in [0.5, 0.6) is 0 Å². The molecule has 1 unspecified atom stereocenters. The van der Waals surface area contributed by atoms with Gasteiger partial charge in [0.15, 0.2) is 5.78 Å². The lowest BCUT2D eigenvalue weighted by Gasteiger charge is -2.06. The Hall–Kier alpha value is -0.700. The second kappa shape index (κ2) is 4.01. The third kappa shape index (κ3) is 2.37. The Morgan fingerprint density at radius 3 is 2.62 bits per heavy atom. The lowest BCUT2D eigenvalue weighted by molar-refractivity contribution is 0.0995. The van der Waals surface area contributed by atoms with Crippen molar-refractivity contribution in [2.75, 3.05) is 0 Å². The molecule has 1 rings (SSSR count). The smallest absolute Gasteiger partial charge is 0.177 e. The Balaban J connectivity index is 3.09. The number of hydrogen-bond donors (Lipinski definition) is 0. The number of nitrogens with zero attached hydrogens (tertiary/aromatic N) is 1. The molecule has 0 amide bonds. The second-order valence-corrected chi connectivity index (χ2v) is 4.49. The molecule has 3 heteroatoms. The van der Waals surface area contributed by atoms with Gasteiger partial charge in [-0.1, -0.05) is 15.9 Å². The highest BCUT2D eigenvalue weighted by atomic mass is 79.9. The number of ketones is 1. The highest BCUT2D eigenvalue weighted by Crippen LogP contribution is 2.13. The van der Waals surface area contributed by atoms with Crippen molar-refractivity contribution in [2.24, 2.45) is 0 Å². The monoisotopic (exact) mass is 241 g/mol. The van der Waals surface area contributed by atoms with Gasteiger partial charge >= 0.3 is 0 Å². The van der Waals surface area contributed by atoms with E-state index in [2.05, 4.69) is 20.9 Å². The van der Waals surface area contributed by atoms with Gasteiger partial charge in [-0.3, -0.25) is 9.78 Å². The SMILES string of the molecule is Cc1cc(C)c(C(=O)C(C)Br)cn1. The molecule has 1 atom stereocenters. The van der Waals surface area contributed by atoms with Crippen molar-refractivity contribution in [2.45, 2.75) is 25.6 Å². The van der Waals surface area contributed by atoms with Gasteiger partial charge in [-0.2, -0.15) is 0 Å². The summed E-state index contributed by atoms with van der Waals surface area (Å²) in [6.45, 7) is 5.66. The van der Waals surface area contributed by atoms with Crippen LogP contribution in [0.25, 0.3) is 0 Å². The van der Waals surface area contributed by atoms with Crippen LogP contribution in [0.3, 0.4) is 0 Å². The first kappa shape index (κ1) is 10.4. The number of carbonyl (C=O) groups excluding carboxylic acids is 1. The van der Waals surface area contributed by atoms with Crippen LogP contribution >= 0.6 is 15.9 Å². The molecule has 1 heterocycles. The standard InChI is InChI=1S/C10H12BrNO/c1-6-4-7(2)12-5-9(6)10(13)8(3)11/h4-5,8H,1-3H3. The van der Waals surface area contributed by atoms with Crippen molar-refractivity contribution >= 4 is 21.7 Å². The van der Waals surface area contributed by atoms with Crippen molar-refractivity contribution < 1.29 is 4.79 Å². The van der Waals surface area contributed by atoms with E-state index in [0.717, 1.165) is 11.3 Å². The average Bonchev–Trinajstić information content (AvgIpc) is 2.03.